The molecule has 34 heavy (non-hydrogen) atoms. The monoisotopic (exact) mass is 482 g/mol. The molecule has 8 heteroatoms. The Morgan fingerprint density at radius 3 is 1.85 bits per heavy atom. The summed E-state index contributed by atoms with van der Waals surface area (Å²) >= 11 is 0. The second-order valence-corrected chi connectivity index (χ2v) is 11.0. The summed E-state index contributed by atoms with van der Waals surface area (Å²) in [6.45, 7) is 3.13. The summed E-state index contributed by atoms with van der Waals surface area (Å²) in [5, 5.41) is 0. The number of Topliss-reactive ketones (excluding diaryl/α,β-unsaturated/α-hetero) is 2. The Hall–Kier alpha value is -2.84. The molecular formula is C26H30N2O5S. The third-order valence-electron chi connectivity index (χ3n) is 6.94. The number of amides is 1. The summed E-state index contributed by atoms with van der Waals surface area (Å²) in [5.74, 6) is -0.173. The Kier molecular flexibility index (Phi) is 7.28. The van der Waals surface area contributed by atoms with Crippen LogP contribution < -0.4 is 0 Å². The molecule has 2 aromatic carbocycles. The molecular weight excluding hydrogens is 452 g/mol. The molecule has 2 aromatic rings. The van der Waals surface area contributed by atoms with Crippen LogP contribution in [-0.2, 0) is 14.8 Å². The number of hydrogen-bond donors (Lipinski definition) is 0. The van der Waals surface area contributed by atoms with Crippen molar-refractivity contribution in [3.8, 4) is 0 Å². The predicted molar refractivity (Wildman–Crippen MR) is 128 cm³/mol. The van der Waals surface area contributed by atoms with Gasteiger partial charge in [-0.3, -0.25) is 14.4 Å². The standard InChI is InChI=1S/C26H30N2O5S/c1-19(29)20-7-9-24(10-8-20)34(32,33)28-17-13-23(14-18-28)26(31)27-15-11-22(12-16-27)25(30)21-5-3-2-4-6-21/h2-10,22-23H,11-18H2,1H3. The summed E-state index contributed by atoms with van der Waals surface area (Å²) in [7, 11) is -3.66. The third-order valence-corrected chi connectivity index (χ3v) is 8.85. The molecule has 0 aliphatic carbocycles. The number of benzene rings is 2. The Morgan fingerprint density at radius 1 is 0.735 bits per heavy atom. The SMILES string of the molecule is CC(=O)c1ccc(S(=O)(=O)N2CCC(C(=O)N3CCC(C(=O)c4ccccc4)CC3)CC2)cc1. The first-order chi connectivity index (χ1) is 16.3. The number of likely N-dealkylation sites (tertiary alicyclic amines) is 1. The minimum Gasteiger partial charge on any atom is -0.342 e. The molecule has 4 rings (SSSR count). The fourth-order valence-corrected chi connectivity index (χ4v) is 6.28. The Bertz CT molecular complexity index is 1150. The normalized spacial score (nSPS) is 18.6. The molecule has 180 valence electrons. The lowest BCUT2D eigenvalue weighted by molar-refractivity contribution is -0.138. The molecule has 0 radical (unpaired) electrons. The Morgan fingerprint density at radius 2 is 1.29 bits per heavy atom. The van der Waals surface area contributed by atoms with Gasteiger partial charge in [0.15, 0.2) is 11.6 Å². The van der Waals surface area contributed by atoms with Gasteiger partial charge in [0.25, 0.3) is 0 Å². The summed E-state index contributed by atoms with van der Waals surface area (Å²) in [5.41, 5.74) is 1.19. The highest BCUT2D eigenvalue weighted by Crippen LogP contribution is 2.28. The van der Waals surface area contributed by atoms with Crippen LogP contribution in [0, 0.1) is 11.8 Å². The molecule has 0 atom stereocenters. The molecule has 2 saturated heterocycles. The highest BCUT2D eigenvalue weighted by molar-refractivity contribution is 7.89. The van der Waals surface area contributed by atoms with Crippen molar-refractivity contribution in [3.05, 3.63) is 65.7 Å². The summed E-state index contributed by atoms with van der Waals surface area (Å²) in [6.07, 6.45) is 2.27. The number of carbonyl (C=O) groups is 3. The van der Waals surface area contributed by atoms with Gasteiger partial charge >= 0.3 is 0 Å². The van der Waals surface area contributed by atoms with E-state index in [1.165, 1.54) is 35.5 Å². The van der Waals surface area contributed by atoms with E-state index >= 15 is 0 Å². The molecule has 0 aromatic heterocycles. The number of sulfonamides is 1. The zero-order chi connectivity index (χ0) is 24.3. The van der Waals surface area contributed by atoms with Gasteiger partial charge in [-0.1, -0.05) is 42.5 Å². The molecule has 2 aliphatic heterocycles. The number of rotatable bonds is 6. The van der Waals surface area contributed by atoms with Gasteiger partial charge in [0.1, 0.15) is 0 Å². The molecule has 0 N–H and O–H groups in total. The second kappa shape index (κ2) is 10.2. The van der Waals surface area contributed by atoms with Crippen LogP contribution in [0.2, 0.25) is 0 Å². The summed E-state index contributed by atoms with van der Waals surface area (Å²) in [6, 6.07) is 15.3. The quantitative estimate of drug-likeness (QED) is 0.589. The Labute approximate surface area is 200 Å². The molecule has 0 bridgehead atoms. The van der Waals surface area contributed by atoms with E-state index in [2.05, 4.69) is 0 Å². The van der Waals surface area contributed by atoms with E-state index < -0.39 is 10.0 Å². The van der Waals surface area contributed by atoms with Crippen molar-refractivity contribution < 1.29 is 22.8 Å². The second-order valence-electron chi connectivity index (χ2n) is 9.09. The van der Waals surface area contributed by atoms with Gasteiger partial charge in [0, 0.05) is 49.1 Å². The van der Waals surface area contributed by atoms with Crippen molar-refractivity contribution in [2.24, 2.45) is 11.8 Å². The van der Waals surface area contributed by atoms with Gasteiger partial charge in [-0.15, -0.1) is 0 Å². The van der Waals surface area contributed by atoms with Crippen LogP contribution in [0.1, 0.15) is 53.3 Å². The lowest BCUT2D eigenvalue weighted by Gasteiger charge is -2.36. The zero-order valence-corrected chi connectivity index (χ0v) is 20.2. The van der Waals surface area contributed by atoms with Crippen molar-refractivity contribution >= 4 is 27.5 Å². The van der Waals surface area contributed by atoms with Gasteiger partial charge < -0.3 is 4.90 Å². The third kappa shape index (κ3) is 5.13. The molecule has 2 heterocycles. The first-order valence-corrected chi connectivity index (χ1v) is 13.2. The lowest BCUT2D eigenvalue weighted by Crippen LogP contribution is -2.47. The lowest BCUT2D eigenvalue weighted by atomic mass is 9.88. The fraction of sp³-hybridized carbons (Fsp3) is 0.423. The number of carbonyl (C=O) groups excluding carboxylic acids is 3. The molecule has 0 saturated carbocycles. The Balaban J connectivity index is 1.30. The fourth-order valence-electron chi connectivity index (χ4n) is 4.81. The summed E-state index contributed by atoms with van der Waals surface area (Å²) < 4.78 is 27.4. The van der Waals surface area contributed by atoms with Crippen molar-refractivity contribution in [3.63, 3.8) is 0 Å². The number of nitrogens with zero attached hydrogens (tertiary/aromatic N) is 2. The molecule has 7 nitrogen and oxygen atoms in total. The first-order valence-electron chi connectivity index (χ1n) is 11.8. The van der Waals surface area contributed by atoms with Crippen LogP contribution in [0.5, 0.6) is 0 Å². The van der Waals surface area contributed by atoms with Gasteiger partial charge in [-0.25, -0.2) is 8.42 Å². The minimum absolute atomic E-state index is 0.0622. The van der Waals surface area contributed by atoms with E-state index in [4.69, 9.17) is 0 Å². The van der Waals surface area contributed by atoms with Crippen molar-refractivity contribution in [2.75, 3.05) is 26.2 Å². The van der Waals surface area contributed by atoms with Crippen molar-refractivity contribution in [1.82, 2.24) is 9.21 Å². The smallest absolute Gasteiger partial charge is 0.243 e. The average molecular weight is 483 g/mol. The maximum Gasteiger partial charge on any atom is 0.243 e. The average Bonchev–Trinajstić information content (AvgIpc) is 2.88. The highest BCUT2D eigenvalue weighted by Gasteiger charge is 2.35. The van der Waals surface area contributed by atoms with E-state index in [1.54, 1.807) is 0 Å². The van der Waals surface area contributed by atoms with Gasteiger partial charge in [-0.2, -0.15) is 4.31 Å². The van der Waals surface area contributed by atoms with Crippen LogP contribution >= 0.6 is 0 Å². The van der Waals surface area contributed by atoms with E-state index in [0.717, 1.165) is 5.56 Å². The van der Waals surface area contributed by atoms with Crippen LogP contribution in [0.25, 0.3) is 0 Å². The molecule has 0 unspecified atom stereocenters. The van der Waals surface area contributed by atoms with Crippen LogP contribution in [0.15, 0.2) is 59.5 Å². The number of piperidine rings is 2. The molecule has 2 fully saturated rings. The van der Waals surface area contributed by atoms with Gasteiger partial charge in [0.2, 0.25) is 15.9 Å². The maximum absolute atomic E-state index is 13.1. The minimum atomic E-state index is -3.66. The van der Waals surface area contributed by atoms with E-state index in [1.807, 2.05) is 35.2 Å². The topological polar surface area (TPSA) is 91.8 Å². The first kappa shape index (κ1) is 24.3. The number of hydrogen-bond acceptors (Lipinski definition) is 5. The zero-order valence-electron chi connectivity index (χ0n) is 19.4. The molecule has 0 spiro atoms. The summed E-state index contributed by atoms with van der Waals surface area (Å²) in [4.78, 5) is 39.2. The molecule has 1 amide bonds. The number of ketones is 2. The maximum atomic E-state index is 13.1. The van der Waals surface area contributed by atoms with Gasteiger partial charge in [-0.05, 0) is 44.7 Å². The van der Waals surface area contributed by atoms with Crippen LogP contribution in [-0.4, -0.2) is 61.3 Å². The van der Waals surface area contributed by atoms with Crippen LogP contribution in [0.3, 0.4) is 0 Å². The highest BCUT2D eigenvalue weighted by atomic mass is 32.2. The van der Waals surface area contributed by atoms with Crippen LogP contribution in [0.4, 0.5) is 0 Å². The van der Waals surface area contributed by atoms with Crippen molar-refractivity contribution in [2.45, 2.75) is 37.5 Å². The largest absolute Gasteiger partial charge is 0.342 e. The van der Waals surface area contributed by atoms with E-state index in [0.29, 0.717) is 44.3 Å². The molecule has 2 aliphatic rings. The van der Waals surface area contributed by atoms with Gasteiger partial charge in [0.05, 0.1) is 4.90 Å². The van der Waals surface area contributed by atoms with E-state index in [9.17, 15) is 22.8 Å². The van der Waals surface area contributed by atoms with E-state index in [-0.39, 0.29) is 47.3 Å². The predicted octanol–water partition coefficient (Wildman–Crippen LogP) is 3.41. The van der Waals surface area contributed by atoms with Crippen molar-refractivity contribution in [1.29, 1.82) is 0 Å².